The summed E-state index contributed by atoms with van der Waals surface area (Å²) in [6.45, 7) is 2.25. The van der Waals surface area contributed by atoms with Crippen molar-refractivity contribution in [3.05, 3.63) is 41.3 Å². The zero-order chi connectivity index (χ0) is 11.5. The van der Waals surface area contributed by atoms with Gasteiger partial charge in [0.1, 0.15) is 17.5 Å². The average molecular weight is 213 g/mol. The van der Waals surface area contributed by atoms with E-state index in [-0.39, 0.29) is 0 Å². The molecule has 0 saturated heterocycles. The lowest BCUT2D eigenvalue weighted by Crippen LogP contribution is -2.07. The highest BCUT2D eigenvalue weighted by atomic mass is 15.3. The van der Waals surface area contributed by atoms with Gasteiger partial charge in [-0.05, 0) is 19.1 Å². The van der Waals surface area contributed by atoms with E-state index in [2.05, 4.69) is 10.1 Å². The molecule has 0 spiro atoms. The lowest BCUT2D eigenvalue weighted by Gasteiger charge is -2.02. The average Bonchev–Trinajstić information content (AvgIpc) is 2.55. The first-order chi connectivity index (χ1) is 7.72. The zero-order valence-electron chi connectivity index (χ0n) is 8.88. The van der Waals surface area contributed by atoms with Crippen LogP contribution in [-0.4, -0.2) is 14.8 Å². The molecule has 0 radical (unpaired) electrons. The van der Waals surface area contributed by atoms with E-state index in [1.54, 1.807) is 17.8 Å². The van der Waals surface area contributed by atoms with Crippen molar-refractivity contribution >= 4 is 5.82 Å². The molecular formula is C11H11N5. The number of anilines is 1. The number of rotatable bonds is 2. The van der Waals surface area contributed by atoms with Crippen LogP contribution in [0.1, 0.15) is 17.0 Å². The molecule has 0 aliphatic rings. The molecule has 2 aromatic heterocycles. The highest BCUT2D eigenvalue weighted by Crippen LogP contribution is 2.15. The van der Waals surface area contributed by atoms with Crippen molar-refractivity contribution in [3.63, 3.8) is 0 Å². The van der Waals surface area contributed by atoms with E-state index >= 15 is 0 Å². The van der Waals surface area contributed by atoms with Crippen molar-refractivity contribution in [3.8, 4) is 6.07 Å². The summed E-state index contributed by atoms with van der Waals surface area (Å²) in [6, 6.07) is 7.68. The fourth-order valence-electron chi connectivity index (χ4n) is 1.50. The summed E-state index contributed by atoms with van der Waals surface area (Å²) in [7, 11) is 0. The standard InChI is InChI=1S/C11H11N5/c1-8-10(6-12)11(13)16(15-8)7-9-4-2-3-5-14-9/h2-5H,7,13H2,1H3. The number of nitrogens with zero attached hydrogens (tertiary/aromatic N) is 4. The number of hydrogen-bond acceptors (Lipinski definition) is 4. The van der Waals surface area contributed by atoms with E-state index in [4.69, 9.17) is 11.0 Å². The second-order valence-corrected chi connectivity index (χ2v) is 3.44. The van der Waals surface area contributed by atoms with E-state index in [9.17, 15) is 0 Å². The molecule has 5 heteroatoms. The lowest BCUT2D eigenvalue weighted by atomic mass is 10.3. The molecule has 0 aromatic carbocycles. The topological polar surface area (TPSA) is 80.5 Å². The summed E-state index contributed by atoms with van der Waals surface area (Å²) in [5, 5.41) is 13.1. The first-order valence-electron chi connectivity index (χ1n) is 4.85. The van der Waals surface area contributed by atoms with E-state index in [0.29, 0.717) is 23.6 Å². The normalized spacial score (nSPS) is 10.0. The maximum absolute atomic E-state index is 8.88. The van der Waals surface area contributed by atoms with Crippen LogP contribution in [0.25, 0.3) is 0 Å². The predicted octanol–water partition coefficient (Wildman–Crippen LogP) is 1.09. The van der Waals surface area contributed by atoms with E-state index < -0.39 is 0 Å². The van der Waals surface area contributed by atoms with Crippen molar-refractivity contribution < 1.29 is 0 Å². The number of nitrogens with two attached hydrogens (primary N) is 1. The molecule has 0 aliphatic carbocycles. The molecule has 2 N–H and O–H groups in total. The molecule has 2 rings (SSSR count). The molecule has 0 saturated carbocycles. The second kappa shape index (κ2) is 4.03. The van der Waals surface area contributed by atoms with Gasteiger partial charge in [-0.1, -0.05) is 6.07 Å². The molecule has 80 valence electrons. The minimum Gasteiger partial charge on any atom is -0.383 e. The molecule has 2 aromatic rings. The Morgan fingerprint density at radius 2 is 2.31 bits per heavy atom. The Bertz CT molecular complexity index is 535. The molecule has 0 bridgehead atoms. The number of pyridine rings is 1. The van der Waals surface area contributed by atoms with Gasteiger partial charge in [0.25, 0.3) is 0 Å². The van der Waals surface area contributed by atoms with Crippen molar-refractivity contribution in [2.24, 2.45) is 0 Å². The van der Waals surface area contributed by atoms with Crippen LogP contribution in [0, 0.1) is 18.3 Å². The van der Waals surface area contributed by atoms with Gasteiger partial charge in [-0.15, -0.1) is 0 Å². The van der Waals surface area contributed by atoms with Crippen LogP contribution in [0.2, 0.25) is 0 Å². The van der Waals surface area contributed by atoms with E-state index in [0.717, 1.165) is 5.69 Å². The first-order valence-corrected chi connectivity index (χ1v) is 4.85. The Balaban J connectivity index is 2.34. The van der Waals surface area contributed by atoms with Gasteiger partial charge in [0, 0.05) is 6.20 Å². The van der Waals surface area contributed by atoms with Crippen LogP contribution in [0.15, 0.2) is 24.4 Å². The quantitative estimate of drug-likeness (QED) is 0.809. The van der Waals surface area contributed by atoms with Gasteiger partial charge in [0.05, 0.1) is 17.9 Å². The Kier molecular flexibility index (Phi) is 2.56. The van der Waals surface area contributed by atoms with Crippen molar-refractivity contribution in [2.75, 3.05) is 5.73 Å². The summed E-state index contributed by atoms with van der Waals surface area (Å²) in [4.78, 5) is 4.18. The minimum absolute atomic E-state index is 0.394. The third-order valence-electron chi connectivity index (χ3n) is 2.32. The minimum atomic E-state index is 0.394. The summed E-state index contributed by atoms with van der Waals surface area (Å²) >= 11 is 0. The summed E-state index contributed by atoms with van der Waals surface area (Å²) < 4.78 is 1.59. The molecule has 0 amide bonds. The number of aryl methyl sites for hydroxylation is 1. The largest absolute Gasteiger partial charge is 0.383 e. The lowest BCUT2D eigenvalue weighted by molar-refractivity contribution is 0.675. The molecule has 0 unspecified atom stereocenters. The predicted molar refractivity (Wildman–Crippen MR) is 59.4 cm³/mol. The third kappa shape index (κ3) is 1.73. The Morgan fingerprint density at radius 3 is 2.88 bits per heavy atom. The first kappa shape index (κ1) is 10.2. The van der Waals surface area contributed by atoms with Gasteiger partial charge < -0.3 is 5.73 Å². The summed E-state index contributed by atoms with van der Waals surface area (Å²) in [6.07, 6.45) is 1.72. The maximum atomic E-state index is 8.88. The van der Waals surface area contributed by atoms with Crippen LogP contribution in [-0.2, 0) is 6.54 Å². The van der Waals surface area contributed by atoms with E-state index in [1.165, 1.54) is 0 Å². The Labute approximate surface area is 93.1 Å². The molecule has 0 atom stereocenters. The van der Waals surface area contributed by atoms with Gasteiger partial charge in [0.2, 0.25) is 0 Å². The fraction of sp³-hybridized carbons (Fsp3) is 0.182. The summed E-state index contributed by atoms with van der Waals surface area (Å²) in [5.41, 5.74) is 7.76. The highest BCUT2D eigenvalue weighted by Gasteiger charge is 2.11. The van der Waals surface area contributed by atoms with Gasteiger partial charge in [0.15, 0.2) is 0 Å². The zero-order valence-corrected chi connectivity index (χ0v) is 8.88. The number of nitrogen functional groups attached to an aromatic ring is 1. The molecule has 5 nitrogen and oxygen atoms in total. The van der Waals surface area contributed by atoms with Crippen LogP contribution in [0.5, 0.6) is 0 Å². The maximum Gasteiger partial charge on any atom is 0.140 e. The number of hydrogen-bond donors (Lipinski definition) is 1. The smallest absolute Gasteiger partial charge is 0.140 e. The van der Waals surface area contributed by atoms with Crippen molar-refractivity contribution in [1.82, 2.24) is 14.8 Å². The van der Waals surface area contributed by atoms with Crippen molar-refractivity contribution in [2.45, 2.75) is 13.5 Å². The molecular weight excluding hydrogens is 202 g/mol. The fourth-order valence-corrected chi connectivity index (χ4v) is 1.50. The van der Waals surface area contributed by atoms with Crippen LogP contribution < -0.4 is 5.73 Å². The number of nitriles is 1. The van der Waals surface area contributed by atoms with Crippen LogP contribution in [0.4, 0.5) is 5.82 Å². The third-order valence-corrected chi connectivity index (χ3v) is 2.32. The van der Waals surface area contributed by atoms with Gasteiger partial charge in [-0.3, -0.25) is 4.98 Å². The Hall–Kier alpha value is -2.35. The molecule has 2 heterocycles. The second-order valence-electron chi connectivity index (χ2n) is 3.44. The SMILES string of the molecule is Cc1nn(Cc2ccccn2)c(N)c1C#N. The molecule has 0 fully saturated rings. The monoisotopic (exact) mass is 213 g/mol. The Morgan fingerprint density at radius 1 is 1.50 bits per heavy atom. The van der Waals surface area contributed by atoms with Gasteiger partial charge >= 0.3 is 0 Å². The van der Waals surface area contributed by atoms with Crippen molar-refractivity contribution in [1.29, 1.82) is 5.26 Å². The number of aromatic nitrogens is 3. The van der Waals surface area contributed by atoms with Gasteiger partial charge in [-0.25, -0.2) is 4.68 Å². The van der Waals surface area contributed by atoms with Crippen LogP contribution >= 0.6 is 0 Å². The van der Waals surface area contributed by atoms with Crippen LogP contribution in [0.3, 0.4) is 0 Å². The highest BCUT2D eigenvalue weighted by molar-refractivity contribution is 5.51. The summed E-state index contributed by atoms with van der Waals surface area (Å²) in [5.74, 6) is 0.394. The van der Waals surface area contributed by atoms with Gasteiger partial charge in [-0.2, -0.15) is 10.4 Å². The molecule has 0 aliphatic heterocycles. The molecule has 16 heavy (non-hydrogen) atoms. The van der Waals surface area contributed by atoms with E-state index in [1.807, 2.05) is 24.3 Å².